The van der Waals surface area contributed by atoms with Crippen molar-refractivity contribution in [2.24, 2.45) is 0 Å². The molecule has 1 aliphatic heterocycles. The first-order chi connectivity index (χ1) is 6.25. The standard InChI is InChI=1S/C9H8ClFO2/c10-8-2-1-6(3-9(8)11)12-4-7-5-13-7/h1-3,7H,4-5H2/t7-/m1/s1. The smallest absolute Gasteiger partial charge is 0.145 e. The van der Waals surface area contributed by atoms with Crippen LogP contribution >= 0.6 is 11.6 Å². The lowest BCUT2D eigenvalue weighted by Crippen LogP contribution is -2.03. The predicted molar refractivity (Wildman–Crippen MR) is 46.6 cm³/mol. The Kier molecular flexibility index (Phi) is 2.38. The van der Waals surface area contributed by atoms with Crippen LogP contribution in [0.1, 0.15) is 0 Å². The number of benzene rings is 1. The number of hydrogen-bond acceptors (Lipinski definition) is 2. The van der Waals surface area contributed by atoms with Gasteiger partial charge in [0.15, 0.2) is 0 Å². The fourth-order valence-corrected chi connectivity index (χ4v) is 1.04. The maximum atomic E-state index is 12.9. The SMILES string of the molecule is Fc1cc(OC[C@@H]2CO2)ccc1Cl. The molecule has 0 aliphatic carbocycles. The Morgan fingerprint density at radius 3 is 3.00 bits per heavy atom. The van der Waals surface area contributed by atoms with Crippen LogP contribution in [0.3, 0.4) is 0 Å². The fourth-order valence-electron chi connectivity index (χ4n) is 0.920. The van der Waals surface area contributed by atoms with E-state index in [0.29, 0.717) is 12.4 Å². The molecule has 0 N–H and O–H groups in total. The van der Waals surface area contributed by atoms with Crippen molar-refractivity contribution in [3.8, 4) is 5.75 Å². The van der Waals surface area contributed by atoms with Crippen LogP contribution in [0.5, 0.6) is 5.75 Å². The number of ether oxygens (including phenoxy) is 2. The van der Waals surface area contributed by atoms with Gasteiger partial charge in [0.05, 0.1) is 11.6 Å². The van der Waals surface area contributed by atoms with E-state index in [0.717, 1.165) is 6.61 Å². The van der Waals surface area contributed by atoms with Crippen molar-refractivity contribution >= 4 is 11.6 Å². The van der Waals surface area contributed by atoms with Crippen LogP contribution in [0.25, 0.3) is 0 Å². The second kappa shape index (κ2) is 3.52. The van der Waals surface area contributed by atoms with Crippen LogP contribution in [0.15, 0.2) is 18.2 Å². The maximum Gasteiger partial charge on any atom is 0.145 e. The number of halogens is 2. The van der Waals surface area contributed by atoms with Gasteiger partial charge in [-0.05, 0) is 12.1 Å². The summed E-state index contributed by atoms with van der Waals surface area (Å²) in [6.07, 6.45) is 0.179. The Labute approximate surface area is 80.2 Å². The molecule has 1 heterocycles. The lowest BCUT2D eigenvalue weighted by Gasteiger charge is -2.03. The van der Waals surface area contributed by atoms with Crippen molar-refractivity contribution in [3.05, 3.63) is 29.0 Å². The van der Waals surface area contributed by atoms with E-state index >= 15 is 0 Å². The Hall–Kier alpha value is -0.800. The minimum absolute atomic E-state index is 0.107. The third kappa shape index (κ3) is 2.32. The van der Waals surface area contributed by atoms with Gasteiger partial charge in [-0.25, -0.2) is 4.39 Å². The molecule has 0 saturated carbocycles. The molecule has 13 heavy (non-hydrogen) atoms. The lowest BCUT2D eigenvalue weighted by molar-refractivity contribution is 0.262. The van der Waals surface area contributed by atoms with Gasteiger partial charge in [0, 0.05) is 6.07 Å². The van der Waals surface area contributed by atoms with Gasteiger partial charge in [0.1, 0.15) is 24.3 Å². The molecule has 0 aromatic heterocycles. The van der Waals surface area contributed by atoms with Gasteiger partial charge in [-0.3, -0.25) is 0 Å². The van der Waals surface area contributed by atoms with Crippen molar-refractivity contribution in [3.63, 3.8) is 0 Å². The van der Waals surface area contributed by atoms with Gasteiger partial charge < -0.3 is 9.47 Å². The molecule has 0 radical (unpaired) electrons. The molecule has 2 nitrogen and oxygen atoms in total. The Morgan fingerprint density at radius 2 is 2.38 bits per heavy atom. The summed E-state index contributed by atoms with van der Waals surface area (Å²) >= 11 is 5.50. The van der Waals surface area contributed by atoms with Gasteiger partial charge in [0.2, 0.25) is 0 Å². The zero-order chi connectivity index (χ0) is 9.26. The molecule has 4 heteroatoms. The Morgan fingerprint density at radius 1 is 1.62 bits per heavy atom. The van der Waals surface area contributed by atoms with Crippen molar-refractivity contribution in [2.75, 3.05) is 13.2 Å². The van der Waals surface area contributed by atoms with E-state index in [-0.39, 0.29) is 11.1 Å². The summed E-state index contributed by atoms with van der Waals surface area (Å²) < 4.78 is 23.1. The first-order valence-corrected chi connectivity index (χ1v) is 4.33. The van der Waals surface area contributed by atoms with Gasteiger partial charge in [-0.15, -0.1) is 0 Å². The third-order valence-electron chi connectivity index (χ3n) is 1.73. The summed E-state index contributed by atoms with van der Waals surface area (Å²) in [6.45, 7) is 1.21. The molecule has 0 unspecified atom stereocenters. The molecule has 1 atom stereocenters. The number of rotatable bonds is 3. The molecule has 1 saturated heterocycles. The first-order valence-electron chi connectivity index (χ1n) is 3.95. The van der Waals surface area contributed by atoms with Crippen molar-refractivity contribution in [2.45, 2.75) is 6.10 Å². The lowest BCUT2D eigenvalue weighted by atomic mass is 10.3. The van der Waals surface area contributed by atoms with Crippen molar-refractivity contribution < 1.29 is 13.9 Å². The second-order valence-corrected chi connectivity index (χ2v) is 3.25. The van der Waals surface area contributed by atoms with E-state index in [4.69, 9.17) is 21.1 Å². The van der Waals surface area contributed by atoms with E-state index < -0.39 is 5.82 Å². The summed E-state index contributed by atoms with van der Waals surface area (Å²) in [5.41, 5.74) is 0. The van der Waals surface area contributed by atoms with Crippen LogP contribution in [0.4, 0.5) is 4.39 Å². The van der Waals surface area contributed by atoms with Crippen LogP contribution in [-0.4, -0.2) is 19.3 Å². The third-order valence-corrected chi connectivity index (χ3v) is 2.04. The van der Waals surface area contributed by atoms with Crippen molar-refractivity contribution in [1.29, 1.82) is 0 Å². The summed E-state index contributed by atoms with van der Waals surface area (Å²) in [5.74, 6) is 0.0216. The first kappa shape index (κ1) is 8.78. The predicted octanol–water partition coefficient (Wildman–Crippen LogP) is 2.26. The van der Waals surface area contributed by atoms with Gasteiger partial charge >= 0.3 is 0 Å². The minimum atomic E-state index is -0.462. The van der Waals surface area contributed by atoms with E-state index in [2.05, 4.69) is 0 Å². The zero-order valence-electron chi connectivity index (χ0n) is 6.80. The molecule has 1 aromatic rings. The summed E-state index contributed by atoms with van der Waals surface area (Å²) in [7, 11) is 0. The highest BCUT2D eigenvalue weighted by Crippen LogP contribution is 2.21. The molecule has 1 fully saturated rings. The number of hydrogen-bond donors (Lipinski definition) is 0. The highest BCUT2D eigenvalue weighted by atomic mass is 35.5. The van der Waals surface area contributed by atoms with E-state index in [1.165, 1.54) is 12.1 Å². The normalized spacial score (nSPS) is 20.0. The Bertz CT molecular complexity index is 312. The van der Waals surface area contributed by atoms with Gasteiger partial charge in [-0.2, -0.15) is 0 Å². The minimum Gasteiger partial charge on any atom is -0.491 e. The fraction of sp³-hybridized carbons (Fsp3) is 0.333. The molecule has 70 valence electrons. The largest absolute Gasteiger partial charge is 0.491 e. The molecule has 0 amide bonds. The zero-order valence-corrected chi connectivity index (χ0v) is 7.55. The van der Waals surface area contributed by atoms with Crippen LogP contribution in [0.2, 0.25) is 5.02 Å². The average Bonchev–Trinajstić information content (AvgIpc) is 2.91. The number of epoxide rings is 1. The maximum absolute atomic E-state index is 12.9. The van der Waals surface area contributed by atoms with Crippen LogP contribution in [-0.2, 0) is 4.74 Å². The highest BCUT2D eigenvalue weighted by Gasteiger charge is 2.23. The molecular weight excluding hydrogens is 195 g/mol. The highest BCUT2D eigenvalue weighted by molar-refractivity contribution is 6.30. The summed E-state index contributed by atoms with van der Waals surface area (Å²) in [6, 6.07) is 4.37. The molecule has 1 aromatic carbocycles. The molecule has 2 rings (SSSR count). The van der Waals surface area contributed by atoms with Crippen LogP contribution in [0, 0.1) is 5.82 Å². The molecule has 0 bridgehead atoms. The Balaban J connectivity index is 1.98. The molecule has 0 spiro atoms. The molecule has 1 aliphatic rings. The van der Waals surface area contributed by atoms with Gasteiger partial charge in [0.25, 0.3) is 0 Å². The monoisotopic (exact) mass is 202 g/mol. The van der Waals surface area contributed by atoms with E-state index in [1.807, 2.05) is 0 Å². The topological polar surface area (TPSA) is 21.8 Å². The summed E-state index contributed by atoms with van der Waals surface area (Å²) in [4.78, 5) is 0. The second-order valence-electron chi connectivity index (χ2n) is 2.84. The van der Waals surface area contributed by atoms with Crippen LogP contribution < -0.4 is 4.74 Å². The van der Waals surface area contributed by atoms with E-state index in [1.54, 1.807) is 6.07 Å². The van der Waals surface area contributed by atoms with E-state index in [9.17, 15) is 4.39 Å². The quantitative estimate of drug-likeness (QED) is 0.702. The average molecular weight is 203 g/mol. The van der Waals surface area contributed by atoms with Crippen molar-refractivity contribution in [1.82, 2.24) is 0 Å². The molecular formula is C9H8ClFO2. The van der Waals surface area contributed by atoms with Gasteiger partial charge in [-0.1, -0.05) is 11.6 Å². The summed E-state index contributed by atoms with van der Waals surface area (Å²) in [5, 5.41) is 0.107.